The Kier molecular flexibility index (Phi) is 4.59. The van der Waals surface area contributed by atoms with Crippen LogP contribution in [0.5, 0.6) is 11.5 Å². The number of hydrogen-bond donors (Lipinski definition) is 0. The van der Waals surface area contributed by atoms with Gasteiger partial charge in [0.15, 0.2) is 17.3 Å². The van der Waals surface area contributed by atoms with Crippen LogP contribution in [0.25, 0.3) is 11.3 Å². The Morgan fingerprint density at radius 1 is 1.09 bits per heavy atom. The molecule has 8 nitrogen and oxygen atoms in total. The van der Waals surface area contributed by atoms with Crippen molar-refractivity contribution in [2.24, 2.45) is 0 Å². The fraction of sp³-hybridized carbons (Fsp3) is 0.417. The molecule has 3 aliphatic rings. The van der Waals surface area contributed by atoms with Gasteiger partial charge in [0.25, 0.3) is 5.91 Å². The van der Waals surface area contributed by atoms with Crippen molar-refractivity contribution in [2.75, 3.05) is 19.9 Å². The van der Waals surface area contributed by atoms with Crippen molar-refractivity contribution in [2.45, 2.75) is 44.4 Å². The molecule has 1 atom stereocenters. The molecule has 1 aliphatic carbocycles. The van der Waals surface area contributed by atoms with Gasteiger partial charge in [-0.1, -0.05) is 5.16 Å². The zero-order chi connectivity index (χ0) is 21.7. The average molecular weight is 432 g/mol. The van der Waals surface area contributed by atoms with Gasteiger partial charge in [-0.2, -0.15) is 0 Å². The third kappa shape index (κ3) is 3.49. The van der Waals surface area contributed by atoms with Gasteiger partial charge in [-0.25, -0.2) is 9.97 Å². The first kappa shape index (κ1) is 19.3. The van der Waals surface area contributed by atoms with Crippen LogP contribution in [0, 0.1) is 6.92 Å². The molecule has 32 heavy (non-hydrogen) atoms. The second kappa shape index (κ2) is 7.62. The highest BCUT2D eigenvalue weighted by Gasteiger charge is 2.32. The number of rotatable bonds is 4. The van der Waals surface area contributed by atoms with Crippen LogP contribution >= 0.6 is 0 Å². The number of piperidine rings is 1. The lowest BCUT2D eigenvalue weighted by Crippen LogP contribution is -2.39. The molecule has 1 unspecified atom stereocenters. The quantitative estimate of drug-likeness (QED) is 0.614. The van der Waals surface area contributed by atoms with Gasteiger partial charge in [0.05, 0.1) is 17.0 Å². The van der Waals surface area contributed by atoms with Crippen LogP contribution in [-0.2, 0) is 0 Å². The summed E-state index contributed by atoms with van der Waals surface area (Å²) in [6, 6.07) is 7.29. The Balaban J connectivity index is 1.30. The Morgan fingerprint density at radius 3 is 2.78 bits per heavy atom. The van der Waals surface area contributed by atoms with Gasteiger partial charge >= 0.3 is 0 Å². The normalized spacial score (nSPS) is 19.9. The largest absolute Gasteiger partial charge is 0.454 e. The van der Waals surface area contributed by atoms with E-state index >= 15 is 0 Å². The van der Waals surface area contributed by atoms with Gasteiger partial charge in [-0.15, -0.1) is 0 Å². The summed E-state index contributed by atoms with van der Waals surface area (Å²) in [6.45, 7) is 3.42. The summed E-state index contributed by atoms with van der Waals surface area (Å²) in [5, 5.41) is 4.04. The molecule has 6 rings (SSSR count). The maximum absolute atomic E-state index is 13.3. The van der Waals surface area contributed by atoms with E-state index in [2.05, 4.69) is 10.1 Å². The maximum atomic E-state index is 13.3. The minimum atomic E-state index is 0.00142. The molecule has 0 bridgehead atoms. The van der Waals surface area contributed by atoms with Crippen LogP contribution in [-0.4, -0.2) is 45.8 Å². The van der Waals surface area contributed by atoms with E-state index in [4.69, 9.17) is 19.0 Å². The smallest absolute Gasteiger partial charge is 0.254 e. The van der Waals surface area contributed by atoms with E-state index in [1.165, 1.54) is 0 Å². The number of carbonyl (C=O) groups excluding carboxylic acids is 1. The first-order chi connectivity index (χ1) is 15.7. The van der Waals surface area contributed by atoms with Crippen LogP contribution in [0.15, 0.2) is 35.0 Å². The van der Waals surface area contributed by atoms with E-state index in [-0.39, 0.29) is 18.6 Å². The molecule has 2 aliphatic heterocycles. The summed E-state index contributed by atoms with van der Waals surface area (Å²) in [5.41, 5.74) is 3.27. The molecule has 1 saturated heterocycles. The number of fused-ring (bicyclic) bond motifs is 1. The molecular formula is C24H24N4O4. The lowest BCUT2D eigenvalue weighted by atomic mass is 9.90. The zero-order valence-electron chi connectivity index (χ0n) is 17.9. The molecule has 8 heteroatoms. The predicted molar refractivity (Wildman–Crippen MR) is 115 cm³/mol. The van der Waals surface area contributed by atoms with E-state index in [1.54, 1.807) is 18.2 Å². The van der Waals surface area contributed by atoms with Crippen molar-refractivity contribution in [1.82, 2.24) is 20.0 Å². The molecule has 164 valence electrons. The SMILES string of the molecule is Cc1cc(-c2cnc(C3CC3)nc2C2CCCN(C(=O)c3ccc4c(c3)OCO4)C2)on1. The maximum Gasteiger partial charge on any atom is 0.254 e. The molecule has 2 aromatic heterocycles. The van der Waals surface area contributed by atoms with E-state index in [0.29, 0.717) is 35.3 Å². The average Bonchev–Trinajstić information content (AvgIpc) is 3.42. The Hall–Kier alpha value is -3.42. The number of aromatic nitrogens is 3. The number of carbonyl (C=O) groups is 1. The number of aryl methyl sites for hydroxylation is 1. The number of likely N-dealkylation sites (tertiary alicyclic amines) is 1. The minimum absolute atomic E-state index is 0.00142. The molecule has 0 N–H and O–H groups in total. The number of benzene rings is 1. The van der Waals surface area contributed by atoms with Crippen molar-refractivity contribution in [1.29, 1.82) is 0 Å². The van der Waals surface area contributed by atoms with Gasteiger partial charge < -0.3 is 18.9 Å². The first-order valence-electron chi connectivity index (χ1n) is 11.1. The summed E-state index contributed by atoms with van der Waals surface area (Å²) in [6.07, 6.45) is 6.03. The summed E-state index contributed by atoms with van der Waals surface area (Å²) in [5.74, 6) is 3.45. The molecule has 1 saturated carbocycles. The van der Waals surface area contributed by atoms with Crippen LogP contribution in [0.3, 0.4) is 0 Å². The molecule has 3 aromatic rings. The molecule has 0 radical (unpaired) electrons. The van der Waals surface area contributed by atoms with E-state index < -0.39 is 0 Å². The fourth-order valence-corrected chi connectivity index (χ4v) is 4.54. The summed E-state index contributed by atoms with van der Waals surface area (Å²) >= 11 is 0. The Morgan fingerprint density at radius 2 is 1.97 bits per heavy atom. The standard InChI is InChI=1S/C24H24N4O4/c1-14-9-20(32-27-14)18-11-25-23(15-4-5-15)26-22(18)17-3-2-8-28(12-17)24(29)16-6-7-19-21(10-16)31-13-30-19/h6-7,9-11,15,17H,2-5,8,12-13H2,1H3. The lowest BCUT2D eigenvalue weighted by molar-refractivity contribution is 0.0705. The van der Waals surface area contributed by atoms with Gasteiger partial charge in [0, 0.05) is 42.8 Å². The van der Waals surface area contributed by atoms with Crippen molar-refractivity contribution in [3.05, 3.63) is 53.2 Å². The highest BCUT2D eigenvalue weighted by atomic mass is 16.7. The zero-order valence-corrected chi connectivity index (χ0v) is 17.9. The van der Waals surface area contributed by atoms with Crippen LogP contribution < -0.4 is 9.47 Å². The Bertz CT molecular complexity index is 1190. The third-order valence-electron chi connectivity index (χ3n) is 6.39. The van der Waals surface area contributed by atoms with Crippen LogP contribution in [0.1, 0.15) is 65.1 Å². The monoisotopic (exact) mass is 432 g/mol. The van der Waals surface area contributed by atoms with E-state index in [0.717, 1.165) is 55.0 Å². The highest BCUT2D eigenvalue weighted by Crippen LogP contribution is 2.41. The van der Waals surface area contributed by atoms with E-state index in [1.807, 2.05) is 24.1 Å². The van der Waals surface area contributed by atoms with Gasteiger partial charge in [-0.3, -0.25) is 4.79 Å². The fourth-order valence-electron chi connectivity index (χ4n) is 4.54. The minimum Gasteiger partial charge on any atom is -0.454 e. The Labute approximate surface area is 185 Å². The van der Waals surface area contributed by atoms with Crippen LogP contribution in [0.4, 0.5) is 0 Å². The molecule has 4 heterocycles. The summed E-state index contributed by atoms with van der Waals surface area (Å²) < 4.78 is 16.4. The topological polar surface area (TPSA) is 90.6 Å². The van der Waals surface area contributed by atoms with Gasteiger partial charge in [0.2, 0.25) is 6.79 Å². The van der Waals surface area contributed by atoms with Crippen LogP contribution in [0.2, 0.25) is 0 Å². The number of ether oxygens (including phenoxy) is 2. The van der Waals surface area contributed by atoms with Crippen molar-refractivity contribution in [3.8, 4) is 22.8 Å². The third-order valence-corrected chi connectivity index (χ3v) is 6.39. The van der Waals surface area contributed by atoms with Crippen molar-refractivity contribution >= 4 is 5.91 Å². The van der Waals surface area contributed by atoms with Crippen molar-refractivity contribution in [3.63, 3.8) is 0 Å². The molecule has 2 fully saturated rings. The summed E-state index contributed by atoms with van der Waals surface area (Å²) in [4.78, 5) is 24.8. The molecule has 0 spiro atoms. The van der Waals surface area contributed by atoms with E-state index in [9.17, 15) is 4.79 Å². The van der Waals surface area contributed by atoms with Gasteiger partial charge in [0.1, 0.15) is 5.82 Å². The summed E-state index contributed by atoms with van der Waals surface area (Å²) in [7, 11) is 0. The second-order valence-electron chi connectivity index (χ2n) is 8.79. The second-order valence-corrected chi connectivity index (χ2v) is 8.79. The number of nitrogens with zero attached hydrogens (tertiary/aromatic N) is 4. The van der Waals surface area contributed by atoms with Crippen molar-refractivity contribution < 1.29 is 18.8 Å². The molecule has 1 amide bonds. The van der Waals surface area contributed by atoms with Gasteiger partial charge in [-0.05, 0) is 50.8 Å². The lowest BCUT2D eigenvalue weighted by Gasteiger charge is -2.33. The number of hydrogen-bond acceptors (Lipinski definition) is 7. The molecule has 1 aromatic carbocycles. The first-order valence-corrected chi connectivity index (χ1v) is 11.1. The number of amides is 1. The molecular weight excluding hydrogens is 408 g/mol. The predicted octanol–water partition coefficient (Wildman–Crippen LogP) is 4.07. The highest BCUT2D eigenvalue weighted by molar-refractivity contribution is 5.95.